The molecular formula is C25H26ClF3N6O2. The van der Waals surface area contributed by atoms with Gasteiger partial charge in [-0.2, -0.15) is 18.3 Å². The summed E-state index contributed by atoms with van der Waals surface area (Å²) < 4.78 is 44.4. The Morgan fingerprint density at radius 1 is 1.22 bits per heavy atom. The van der Waals surface area contributed by atoms with Crippen LogP contribution in [0.15, 0.2) is 36.5 Å². The van der Waals surface area contributed by atoms with Crippen LogP contribution in [0.3, 0.4) is 0 Å². The second-order valence-corrected chi connectivity index (χ2v) is 9.96. The smallest absolute Gasteiger partial charge is 0.346 e. The van der Waals surface area contributed by atoms with Crippen LogP contribution >= 0.6 is 11.6 Å². The molecule has 0 saturated carbocycles. The molecule has 2 atom stereocenters. The summed E-state index contributed by atoms with van der Waals surface area (Å²) >= 11 is 6.05. The summed E-state index contributed by atoms with van der Waals surface area (Å²) in [5, 5.41) is 4.65. The van der Waals surface area contributed by atoms with E-state index in [4.69, 9.17) is 11.6 Å². The van der Waals surface area contributed by atoms with Gasteiger partial charge in [0.2, 0.25) is 11.8 Å². The molecule has 1 fully saturated rings. The van der Waals surface area contributed by atoms with Crippen molar-refractivity contribution in [3.05, 3.63) is 52.9 Å². The molecule has 1 aromatic carbocycles. The quantitative estimate of drug-likeness (QED) is 0.496. The van der Waals surface area contributed by atoms with Crippen molar-refractivity contribution in [2.24, 2.45) is 5.92 Å². The highest BCUT2D eigenvalue weighted by Crippen LogP contribution is 2.40. The van der Waals surface area contributed by atoms with Crippen LogP contribution in [0.4, 0.5) is 24.5 Å². The van der Waals surface area contributed by atoms with Crippen molar-refractivity contribution in [3.8, 4) is 0 Å². The van der Waals surface area contributed by atoms with E-state index in [0.717, 1.165) is 36.2 Å². The molecule has 2 aliphatic rings. The third-order valence-corrected chi connectivity index (χ3v) is 7.38. The van der Waals surface area contributed by atoms with Gasteiger partial charge in [0.05, 0.1) is 17.6 Å². The number of benzene rings is 1. The normalized spacial score (nSPS) is 19.2. The van der Waals surface area contributed by atoms with Gasteiger partial charge in [-0.3, -0.25) is 9.59 Å². The summed E-state index contributed by atoms with van der Waals surface area (Å²) in [6, 6.07) is 5.61. The highest BCUT2D eigenvalue weighted by molar-refractivity contribution is 6.29. The summed E-state index contributed by atoms with van der Waals surface area (Å²) in [5.41, 5.74) is 3.04. The standard InChI is InChI=1S/C25H26ClF3N6O2/c1-32-11-9-16(12-22(32)36)24(37)33(2)23(25(27,28)29)15-5-7-17(8-6-15)34-10-3-4-18-19(34)14-30-21-13-20(26)31-35(18)21/h5-8,13-14,16,23H,3-4,9-12H2,1-2H3/t16-,23-/m0/s1. The second-order valence-electron chi connectivity index (χ2n) is 9.57. The molecule has 0 spiro atoms. The number of carbonyl (C=O) groups is 2. The molecule has 37 heavy (non-hydrogen) atoms. The van der Waals surface area contributed by atoms with Gasteiger partial charge in [-0.25, -0.2) is 9.50 Å². The molecule has 0 N–H and O–H groups in total. The first kappa shape index (κ1) is 25.3. The number of aryl methyl sites for hydroxylation is 1. The summed E-state index contributed by atoms with van der Waals surface area (Å²) in [7, 11) is 2.78. The maximum absolute atomic E-state index is 14.2. The van der Waals surface area contributed by atoms with Crippen molar-refractivity contribution in [2.45, 2.75) is 37.9 Å². The zero-order valence-electron chi connectivity index (χ0n) is 20.4. The first-order valence-electron chi connectivity index (χ1n) is 12.0. The topological polar surface area (TPSA) is 74.1 Å². The monoisotopic (exact) mass is 534 g/mol. The number of alkyl halides is 3. The summed E-state index contributed by atoms with van der Waals surface area (Å²) in [6.45, 7) is 1.01. The van der Waals surface area contributed by atoms with E-state index in [1.807, 2.05) is 4.90 Å². The number of rotatable bonds is 4. The average molecular weight is 535 g/mol. The van der Waals surface area contributed by atoms with E-state index in [9.17, 15) is 22.8 Å². The molecule has 1 saturated heterocycles. The molecule has 0 aliphatic carbocycles. The number of carbonyl (C=O) groups excluding carboxylic acids is 2. The summed E-state index contributed by atoms with van der Waals surface area (Å²) in [6.07, 6.45) is -1.11. The molecule has 2 aliphatic heterocycles. The van der Waals surface area contributed by atoms with Gasteiger partial charge in [-0.1, -0.05) is 23.7 Å². The van der Waals surface area contributed by atoms with Crippen molar-refractivity contribution in [3.63, 3.8) is 0 Å². The minimum Gasteiger partial charge on any atom is -0.346 e. The second kappa shape index (κ2) is 9.51. The fourth-order valence-corrected chi connectivity index (χ4v) is 5.41. The molecule has 5 rings (SSSR count). The van der Waals surface area contributed by atoms with Crippen molar-refractivity contribution in [2.75, 3.05) is 32.1 Å². The molecule has 3 aromatic rings. The van der Waals surface area contributed by atoms with E-state index < -0.39 is 24.0 Å². The first-order chi connectivity index (χ1) is 17.5. The van der Waals surface area contributed by atoms with Crippen LogP contribution in [0.5, 0.6) is 0 Å². The van der Waals surface area contributed by atoms with Gasteiger partial charge < -0.3 is 14.7 Å². The van der Waals surface area contributed by atoms with Crippen LogP contribution < -0.4 is 4.90 Å². The number of likely N-dealkylation sites (tertiary alicyclic amines) is 1. The van der Waals surface area contributed by atoms with Gasteiger partial charge in [0.15, 0.2) is 16.8 Å². The average Bonchev–Trinajstić information content (AvgIpc) is 3.25. The van der Waals surface area contributed by atoms with Crippen molar-refractivity contribution in [1.29, 1.82) is 0 Å². The van der Waals surface area contributed by atoms with E-state index in [-0.39, 0.29) is 17.9 Å². The van der Waals surface area contributed by atoms with Gasteiger partial charge in [0.1, 0.15) is 0 Å². The number of anilines is 2. The Morgan fingerprint density at radius 2 is 1.95 bits per heavy atom. The number of amides is 2. The maximum Gasteiger partial charge on any atom is 0.413 e. The number of nitrogens with zero attached hydrogens (tertiary/aromatic N) is 6. The Labute approximate surface area is 216 Å². The van der Waals surface area contributed by atoms with E-state index >= 15 is 0 Å². The van der Waals surface area contributed by atoms with Crippen molar-refractivity contribution >= 4 is 40.4 Å². The predicted octanol–water partition coefficient (Wildman–Crippen LogP) is 4.40. The molecule has 2 aromatic heterocycles. The molecule has 8 nitrogen and oxygen atoms in total. The van der Waals surface area contributed by atoms with Crippen molar-refractivity contribution < 1.29 is 22.8 Å². The summed E-state index contributed by atoms with van der Waals surface area (Å²) in [4.78, 5) is 33.7. The third-order valence-electron chi connectivity index (χ3n) is 7.19. The molecule has 0 unspecified atom stereocenters. The van der Waals surface area contributed by atoms with Gasteiger partial charge in [-0.05, 0) is 37.0 Å². The van der Waals surface area contributed by atoms with Crippen LogP contribution in [0.25, 0.3) is 5.65 Å². The highest BCUT2D eigenvalue weighted by Gasteiger charge is 2.46. The van der Waals surface area contributed by atoms with Crippen molar-refractivity contribution in [1.82, 2.24) is 24.4 Å². The first-order valence-corrected chi connectivity index (χ1v) is 12.4. The zero-order valence-corrected chi connectivity index (χ0v) is 21.1. The van der Waals surface area contributed by atoms with Gasteiger partial charge in [0, 0.05) is 51.3 Å². The molecule has 2 amide bonds. The molecule has 0 radical (unpaired) electrons. The fraction of sp³-hybridized carbons (Fsp3) is 0.440. The lowest BCUT2D eigenvalue weighted by Crippen LogP contribution is -2.46. The van der Waals surface area contributed by atoms with Crippen LogP contribution in [0.1, 0.15) is 36.6 Å². The number of hydrogen-bond donors (Lipinski definition) is 0. The predicted molar refractivity (Wildman–Crippen MR) is 132 cm³/mol. The van der Waals surface area contributed by atoms with Gasteiger partial charge in [0.25, 0.3) is 0 Å². The number of piperidine rings is 1. The molecule has 196 valence electrons. The zero-order chi connectivity index (χ0) is 26.5. The Kier molecular flexibility index (Phi) is 6.51. The number of aromatic nitrogens is 3. The van der Waals surface area contributed by atoms with Crippen LogP contribution in [-0.4, -0.2) is 69.6 Å². The maximum atomic E-state index is 14.2. The summed E-state index contributed by atoms with van der Waals surface area (Å²) in [5.74, 6) is -1.68. The minimum atomic E-state index is -4.69. The van der Waals surface area contributed by atoms with E-state index in [1.54, 1.807) is 36.0 Å². The van der Waals surface area contributed by atoms with Crippen LogP contribution in [0.2, 0.25) is 5.15 Å². The lowest BCUT2D eigenvalue weighted by Gasteiger charge is -2.35. The molecule has 0 bridgehead atoms. The molecular weight excluding hydrogens is 509 g/mol. The Bertz CT molecular complexity index is 1340. The van der Waals surface area contributed by atoms with E-state index in [1.165, 1.54) is 17.0 Å². The Balaban J connectivity index is 1.42. The van der Waals surface area contributed by atoms with Crippen LogP contribution in [0, 0.1) is 5.92 Å². The van der Waals surface area contributed by atoms with E-state index in [0.29, 0.717) is 36.0 Å². The third kappa shape index (κ3) is 4.72. The van der Waals surface area contributed by atoms with E-state index in [2.05, 4.69) is 10.1 Å². The van der Waals surface area contributed by atoms with Crippen LogP contribution in [-0.2, 0) is 16.0 Å². The van der Waals surface area contributed by atoms with Gasteiger partial charge in [-0.15, -0.1) is 0 Å². The number of halogens is 4. The SMILES string of the molecule is CN1CC[C@H](C(=O)N(C)[C@@H](c2ccc(N3CCCc4c3cnc3cc(Cl)nn43)cc2)C(F)(F)F)CC1=O. The number of fused-ring (bicyclic) bond motifs is 3. The fourth-order valence-electron chi connectivity index (χ4n) is 5.23. The number of hydrogen-bond acceptors (Lipinski definition) is 5. The minimum absolute atomic E-state index is 0.0453. The van der Waals surface area contributed by atoms with Gasteiger partial charge >= 0.3 is 6.18 Å². The Hall–Kier alpha value is -3.34. The lowest BCUT2D eigenvalue weighted by atomic mass is 9.93. The highest BCUT2D eigenvalue weighted by atomic mass is 35.5. The lowest BCUT2D eigenvalue weighted by molar-refractivity contribution is -0.191. The molecule has 12 heteroatoms. The Morgan fingerprint density at radius 3 is 2.62 bits per heavy atom. The molecule has 4 heterocycles. The largest absolute Gasteiger partial charge is 0.413 e.